The molecule has 8 nitrogen and oxygen atoms in total. The first-order chi connectivity index (χ1) is 15.8. The largest absolute Gasteiger partial charge is 0.457 e. The van der Waals surface area contributed by atoms with Gasteiger partial charge in [0.1, 0.15) is 23.5 Å². The summed E-state index contributed by atoms with van der Waals surface area (Å²) in [5, 5.41) is 11.5. The highest BCUT2D eigenvalue weighted by Crippen LogP contribution is 2.34. The van der Waals surface area contributed by atoms with E-state index in [0.717, 1.165) is 71.5 Å². The average molecular weight is 426 g/mol. The van der Waals surface area contributed by atoms with E-state index in [4.69, 9.17) is 14.6 Å². The summed E-state index contributed by atoms with van der Waals surface area (Å²) in [6, 6.07) is 17.8. The Bertz CT molecular complexity index is 1260. The van der Waals surface area contributed by atoms with Crippen LogP contribution in [0.4, 0.5) is 11.5 Å². The second-order valence-corrected chi connectivity index (χ2v) is 7.82. The number of nitrogens with one attached hydrogen (secondary N) is 2. The number of amidine groups is 1. The number of para-hydroxylation sites is 1. The van der Waals surface area contributed by atoms with Gasteiger partial charge in [-0.05, 0) is 49.2 Å². The molecule has 2 N–H and O–H groups in total. The third kappa shape index (κ3) is 3.44. The Morgan fingerprint density at radius 1 is 0.969 bits per heavy atom. The van der Waals surface area contributed by atoms with E-state index in [0.29, 0.717) is 0 Å². The number of rotatable bonds is 4. The van der Waals surface area contributed by atoms with E-state index in [1.54, 1.807) is 6.33 Å². The minimum atomic E-state index is 0.239. The van der Waals surface area contributed by atoms with E-state index in [2.05, 4.69) is 20.3 Å². The van der Waals surface area contributed by atoms with Gasteiger partial charge in [0, 0.05) is 30.7 Å². The Morgan fingerprint density at radius 3 is 2.56 bits per heavy atom. The topological polar surface area (TPSA) is 87.7 Å². The van der Waals surface area contributed by atoms with Gasteiger partial charge in [0.25, 0.3) is 0 Å². The Hall–Kier alpha value is -3.91. The fourth-order valence-corrected chi connectivity index (χ4v) is 4.16. The zero-order chi connectivity index (χ0) is 21.3. The van der Waals surface area contributed by atoms with Crippen molar-refractivity contribution in [3.8, 4) is 11.5 Å². The van der Waals surface area contributed by atoms with Crippen LogP contribution in [0.15, 0.2) is 72.2 Å². The summed E-state index contributed by atoms with van der Waals surface area (Å²) in [6.45, 7) is 1.47. The van der Waals surface area contributed by atoms with Crippen LogP contribution in [0.3, 0.4) is 0 Å². The van der Waals surface area contributed by atoms with Crippen molar-refractivity contribution in [3.05, 3.63) is 72.7 Å². The molecule has 0 bridgehead atoms. The van der Waals surface area contributed by atoms with Crippen molar-refractivity contribution in [1.82, 2.24) is 15.0 Å². The number of hydrazone groups is 1. The van der Waals surface area contributed by atoms with E-state index in [-0.39, 0.29) is 6.04 Å². The van der Waals surface area contributed by atoms with Crippen molar-refractivity contribution >= 4 is 28.4 Å². The van der Waals surface area contributed by atoms with Crippen molar-refractivity contribution in [2.45, 2.75) is 18.9 Å². The van der Waals surface area contributed by atoms with Crippen LogP contribution in [0.1, 0.15) is 18.4 Å². The molecule has 2 aromatic carbocycles. The second kappa shape index (κ2) is 7.97. The highest BCUT2D eigenvalue weighted by atomic mass is 16.5. The maximum atomic E-state index is 5.90. The van der Waals surface area contributed by atoms with Crippen LogP contribution in [0.2, 0.25) is 0 Å². The zero-order valence-electron chi connectivity index (χ0n) is 17.4. The molecule has 1 saturated heterocycles. The molecule has 2 aromatic heterocycles. The van der Waals surface area contributed by atoms with Crippen molar-refractivity contribution in [3.63, 3.8) is 0 Å². The fraction of sp³-hybridized carbons (Fsp3) is 0.208. The molecule has 0 radical (unpaired) electrons. The molecule has 8 heteroatoms. The summed E-state index contributed by atoms with van der Waals surface area (Å²) in [5.74, 6) is 3.19. The maximum absolute atomic E-state index is 5.90. The number of benzene rings is 2. The number of nitrogens with zero attached hydrogens (tertiary/aromatic N) is 4. The molecular weight excluding hydrogens is 404 g/mol. The summed E-state index contributed by atoms with van der Waals surface area (Å²) < 4.78 is 11.5. The van der Waals surface area contributed by atoms with Crippen LogP contribution >= 0.6 is 0 Å². The van der Waals surface area contributed by atoms with Gasteiger partial charge in [-0.3, -0.25) is 0 Å². The summed E-state index contributed by atoms with van der Waals surface area (Å²) in [7, 11) is 0. The lowest BCUT2D eigenvalue weighted by Crippen LogP contribution is -2.39. The highest BCUT2D eigenvalue weighted by molar-refractivity contribution is 6.19. The third-order valence-electron chi connectivity index (χ3n) is 5.76. The van der Waals surface area contributed by atoms with Crippen molar-refractivity contribution in [1.29, 1.82) is 0 Å². The fourth-order valence-electron chi connectivity index (χ4n) is 4.16. The number of aromatic amines is 1. The summed E-state index contributed by atoms with van der Waals surface area (Å²) >= 11 is 0. The van der Waals surface area contributed by atoms with Crippen LogP contribution in [-0.4, -0.2) is 40.0 Å². The van der Waals surface area contributed by atoms with Gasteiger partial charge in [0.15, 0.2) is 11.7 Å². The molecule has 32 heavy (non-hydrogen) atoms. The van der Waals surface area contributed by atoms with E-state index in [1.165, 1.54) is 0 Å². The molecule has 0 spiro atoms. The minimum absolute atomic E-state index is 0.239. The van der Waals surface area contributed by atoms with E-state index in [1.807, 2.05) is 65.8 Å². The van der Waals surface area contributed by atoms with E-state index < -0.39 is 0 Å². The van der Waals surface area contributed by atoms with Crippen molar-refractivity contribution < 1.29 is 9.47 Å². The number of ether oxygens (including phenoxy) is 2. The Kier molecular flexibility index (Phi) is 4.69. The molecule has 160 valence electrons. The van der Waals surface area contributed by atoms with Gasteiger partial charge >= 0.3 is 0 Å². The highest BCUT2D eigenvalue weighted by Gasteiger charge is 2.31. The predicted molar refractivity (Wildman–Crippen MR) is 123 cm³/mol. The lowest BCUT2D eigenvalue weighted by Gasteiger charge is -2.34. The van der Waals surface area contributed by atoms with Crippen molar-refractivity contribution in [2.75, 3.05) is 23.5 Å². The van der Waals surface area contributed by atoms with E-state index >= 15 is 0 Å². The molecule has 2 aliphatic heterocycles. The van der Waals surface area contributed by atoms with Gasteiger partial charge < -0.3 is 19.8 Å². The van der Waals surface area contributed by atoms with Crippen LogP contribution in [0.25, 0.3) is 11.0 Å². The number of H-pyrrole nitrogens is 1. The quantitative estimate of drug-likeness (QED) is 0.499. The number of anilines is 2. The first-order valence-corrected chi connectivity index (χ1v) is 10.7. The number of aromatic nitrogens is 3. The van der Waals surface area contributed by atoms with Gasteiger partial charge in [0.2, 0.25) is 0 Å². The summed E-state index contributed by atoms with van der Waals surface area (Å²) in [6.07, 6.45) is 5.34. The molecular formula is C24H22N6O2. The average Bonchev–Trinajstić information content (AvgIpc) is 3.29. The van der Waals surface area contributed by atoms with Gasteiger partial charge in [-0.2, -0.15) is 5.10 Å². The first-order valence-electron chi connectivity index (χ1n) is 10.7. The second-order valence-electron chi connectivity index (χ2n) is 7.82. The van der Waals surface area contributed by atoms with Crippen LogP contribution < -0.4 is 15.1 Å². The van der Waals surface area contributed by atoms with Gasteiger partial charge in [-0.15, -0.1) is 0 Å². The van der Waals surface area contributed by atoms with Crippen molar-refractivity contribution in [2.24, 2.45) is 5.10 Å². The smallest absolute Gasteiger partial charge is 0.162 e. The lowest BCUT2D eigenvalue weighted by atomic mass is 10.1. The Morgan fingerprint density at radius 2 is 1.75 bits per heavy atom. The standard InChI is InChI=1S/C24H22N6O2/c1-2-4-18(5-3-1)32-19-8-6-16(7-9-19)28-22-20-14-25-23-21(20)24(27-15-26-23)30(29-22)17-10-12-31-13-11-17/h1-9,14-15,17H,10-13H2,(H,28,29)(H,25,26,27). The summed E-state index contributed by atoms with van der Waals surface area (Å²) in [5.41, 5.74) is 2.69. The molecule has 0 atom stereocenters. The van der Waals surface area contributed by atoms with Crippen LogP contribution in [0.5, 0.6) is 11.5 Å². The van der Waals surface area contributed by atoms with Gasteiger partial charge in [0.05, 0.1) is 11.4 Å². The SMILES string of the molecule is c1ccc(Oc2ccc(NC3=NN(C4CCOCC4)c4ncnc5[nH]cc3c45)cc2)cc1. The molecule has 4 aromatic rings. The van der Waals surface area contributed by atoms with Gasteiger partial charge in [-0.1, -0.05) is 18.2 Å². The Balaban J connectivity index is 1.30. The molecule has 1 fully saturated rings. The third-order valence-corrected chi connectivity index (χ3v) is 5.76. The number of hydrogen-bond acceptors (Lipinski definition) is 7. The molecule has 2 aliphatic rings. The van der Waals surface area contributed by atoms with Crippen LogP contribution in [0, 0.1) is 0 Å². The minimum Gasteiger partial charge on any atom is -0.457 e. The molecule has 6 rings (SSSR count). The maximum Gasteiger partial charge on any atom is 0.162 e. The molecule has 0 aliphatic carbocycles. The number of hydrogen-bond donors (Lipinski definition) is 2. The lowest BCUT2D eigenvalue weighted by molar-refractivity contribution is 0.0844. The predicted octanol–water partition coefficient (Wildman–Crippen LogP) is 4.52. The molecule has 4 heterocycles. The van der Waals surface area contributed by atoms with Crippen LogP contribution in [-0.2, 0) is 4.74 Å². The zero-order valence-corrected chi connectivity index (χ0v) is 17.4. The monoisotopic (exact) mass is 426 g/mol. The van der Waals surface area contributed by atoms with Gasteiger partial charge in [-0.25, -0.2) is 15.0 Å². The first kappa shape index (κ1) is 18.8. The summed E-state index contributed by atoms with van der Waals surface area (Å²) in [4.78, 5) is 12.2. The molecule has 0 unspecified atom stereocenters. The Labute approximate surface area is 184 Å². The normalized spacial score (nSPS) is 16.1. The molecule has 0 saturated carbocycles. The molecule has 0 amide bonds. The van der Waals surface area contributed by atoms with E-state index in [9.17, 15) is 0 Å².